The molecule has 5 nitrogen and oxygen atoms in total. The second-order valence-electron chi connectivity index (χ2n) is 8.32. The Morgan fingerprint density at radius 2 is 1.89 bits per heavy atom. The summed E-state index contributed by atoms with van der Waals surface area (Å²) >= 11 is 0. The van der Waals surface area contributed by atoms with Crippen molar-refractivity contribution >= 4 is 11.8 Å². The van der Waals surface area contributed by atoms with E-state index in [-0.39, 0.29) is 17.9 Å². The van der Waals surface area contributed by atoms with Crippen molar-refractivity contribution in [3.8, 4) is 0 Å². The SMILES string of the molecule is CCCC(=O)N1CCC[C@@H]1C(=O)NC[C@@H]1CCCCN(Cc2ccccc2)C1. The molecule has 0 aromatic heterocycles. The molecule has 0 spiro atoms. The summed E-state index contributed by atoms with van der Waals surface area (Å²) in [4.78, 5) is 29.3. The van der Waals surface area contributed by atoms with Crippen LogP contribution in [-0.2, 0) is 16.1 Å². The van der Waals surface area contributed by atoms with Gasteiger partial charge in [0.25, 0.3) is 0 Å². The van der Waals surface area contributed by atoms with E-state index in [0.29, 0.717) is 12.3 Å². The fourth-order valence-corrected chi connectivity index (χ4v) is 4.53. The molecule has 1 aromatic carbocycles. The van der Waals surface area contributed by atoms with Crippen LogP contribution in [-0.4, -0.2) is 53.8 Å². The highest BCUT2D eigenvalue weighted by atomic mass is 16.2. The number of nitrogens with zero attached hydrogens (tertiary/aromatic N) is 2. The first kappa shape index (κ1) is 20.8. The zero-order chi connectivity index (χ0) is 19.8. The average molecular weight is 386 g/mol. The van der Waals surface area contributed by atoms with Crippen molar-refractivity contribution in [2.75, 3.05) is 26.2 Å². The van der Waals surface area contributed by atoms with E-state index in [1.54, 1.807) is 4.90 Å². The van der Waals surface area contributed by atoms with E-state index in [1.807, 2.05) is 6.92 Å². The molecular formula is C23H35N3O2. The first-order chi connectivity index (χ1) is 13.7. The van der Waals surface area contributed by atoms with Gasteiger partial charge in [0.1, 0.15) is 6.04 Å². The van der Waals surface area contributed by atoms with E-state index in [9.17, 15) is 9.59 Å². The third-order valence-corrected chi connectivity index (χ3v) is 6.01. The Kier molecular flexibility index (Phi) is 7.90. The molecule has 0 unspecified atom stereocenters. The van der Waals surface area contributed by atoms with E-state index in [0.717, 1.165) is 58.4 Å². The van der Waals surface area contributed by atoms with Crippen LogP contribution in [0.15, 0.2) is 30.3 Å². The maximum absolute atomic E-state index is 12.7. The number of rotatable bonds is 7. The molecule has 3 rings (SSSR count). The summed E-state index contributed by atoms with van der Waals surface area (Å²) in [5, 5.41) is 3.17. The molecule has 0 bridgehead atoms. The van der Waals surface area contributed by atoms with Crippen LogP contribution in [0.3, 0.4) is 0 Å². The van der Waals surface area contributed by atoms with Crippen LogP contribution in [0.5, 0.6) is 0 Å². The molecule has 28 heavy (non-hydrogen) atoms. The van der Waals surface area contributed by atoms with E-state index in [4.69, 9.17) is 0 Å². The fraction of sp³-hybridized carbons (Fsp3) is 0.652. The van der Waals surface area contributed by atoms with E-state index < -0.39 is 0 Å². The van der Waals surface area contributed by atoms with Gasteiger partial charge in [-0.25, -0.2) is 0 Å². The number of carbonyl (C=O) groups is 2. The lowest BCUT2D eigenvalue weighted by Crippen LogP contribution is -2.47. The number of nitrogens with one attached hydrogen (secondary N) is 1. The summed E-state index contributed by atoms with van der Waals surface area (Å²) < 4.78 is 0. The summed E-state index contributed by atoms with van der Waals surface area (Å²) in [5.41, 5.74) is 1.35. The van der Waals surface area contributed by atoms with Gasteiger partial charge in [-0.05, 0) is 50.1 Å². The summed E-state index contributed by atoms with van der Waals surface area (Å²) in [6.07, 6.45) is 6.71. The van der Waals surface area contributed by atoms with Gasteiger partial charge in [0.05, 0.1) is 0 Å². The van der Waals surface area contributed by atoms with Gasteiger partial charge in [-0.15, -0.1) is 0 Å². The monoisotopic (exact) mass is 385 g/mol. The van der Waals surface area contributed by atoms with Gasteiger partial charge in [-0.3, -0.25) is 14.5 Å². The average Bonchev–Trinajstić information content (AvgIpc) is 3.09. The smallest absolute Gasteiger partial charge is 0.242 e. The van der Waals surface area contributed by atoms with Gasteiger partial charge < -0.3 is 10.2 Å². The molecule has 2 heterocycles. The number of benzene rings is 1. The molecular weight excluding hydrogens is 350 g/mol. The Morgan fingerprint density at radius 3 is 2.68 bits per heavy atom. The van der Waals surface area contributed by atoms with Gasteiger partial charge in [0, 0.05) is 32.6 Å². The van der Waals surface area contributed by atoms with Gasteiger partial charge in [-0.1, -0.05) is 43.7 Å². The minimum atomic E-state index is -0.259. The molecule has 0 saturated carbocycles. The predicted octanol–water partition coefficient (Wildman–Crippen LogP) is 3.20. The van der Waals surface area contributed by atoms with Crippen LogP contribution in [0.25, 0.3) is 0 Å². The summed E-state index contributed by atoms with van der Waals surface area (Å²) in [6, 6.07) is 10.4. The molecule has 0 aliphatic carbocycles. The van der Waals surface area contributed by atoms with Crippen molar-refractivity contribution in [2.24, 2.45) is 5.92 Å². The molecule has 2 amide bonds. The Labute approximate surface area is 169 Å². The highest BCUT2D eigenvalue weighted by Gasteiger charge is 2.33. The zero-order valence-corrected chi connectivity index (χ0v) is 17.2. The molecule has 1 N–H and O–H groups in total. The third kappa shape index (κ3) is 5.81. The van der Waals surface area contributed by atoms with Crippen molar-refractivity contribution in [1.82, 2.24) is 15.1 Å². The molecule has 1 aromatic rings. The summed E-state index contributed by atoms with van der Waals surface area (Å²) in [7, 11) is 0. The van der Waals surface area contributed by atoms with Gasteiger partial charge in [-0.2, -0.15) is 0 Å². The number of amides is 2. The minimum Gasteiger partial charge on any atom is -0.354 e. The van der Waals surface area contributed by atoms with Crippen molar-refractivity contribution in [1.29, 1.82) is 0 Å². The Balaban J connectivity index is 1.49. The summed E-state index contributed by atoms with van der Waals surface area (Å²) in [5.74, 6) is 0.654. The largest absolute Gasteiger partial charge is 0.354 e. The quantitative estimate of drug-likeness (QED) is 0.784. The maximum atomic E-state index is 12.7. The number of hydrogen-bond donors (Lipinski definition) is 1. The number of carbonyl (C=O) groups excluding carboxylic acids is 2. The highest BCUT2D eigenvalue weighted by Crippen LogP contribution is 2.21. The summed E-state index contributed by atoms with van der Waals surface area (Å²) in [6.45, 7) is 6.59. The van der Waals surface area contributed by atoms with Crippen LogP contribution < -0.4 is 5.32 Å². The van der Waals surface area contributed by atoms with E-state index in [2.05, 4.69) is 40.5 Å². The van der Waals surface area contributed by atoms with Gasteiger partial charge in [0.2, 0.25) is 11.8 Å². The fourth-order valence-electron chi connectivity index (χ4n) is 4.53. The normalized spacial score (nSPS) is 23.4. The van der Waals surface area contributed by atoms with Crippen LogP contribution in [0.4, 0.5) is 0 Å². The first-order valence-corrected chi connectivity index (χ1v) is 11.0. The van der Waals surface area contributed by atoms with E-state index in [1.165, 1.54) is 18.4 Å². The van der Waals surface area contributed by atoms with Crippen LogP contribution >= 0.6 is 0 Å². The molecule has 0 radical (unpaired) electrons. The maximum Gasteiger partial charge on any atom is 0.242 e. The third-order valence-electron chi connectivity index (χ3n) is 6.01. The van der Waals surface area contributed by atoms with E-state index >= 15 is 0 Å². The van der Waals surface area contributed by atoms with Crippen LogP contribution in [0, 0.1) is 5.92 Å². The van der Waals surface area contributed by atoms with Gasteiger partial charge >= 0.3 is 0 Å². The minimum absolute atomic E-state index is 0.0424. The number of hydrogen-bond acceptors (Lipinski definition) is 3. The Bertz CT molecular complexity index is 634. The molecule has 2 atom stereocenters. The topological polar surface area (TPSA) is 52.7 Å². The van der Waals surface area contributed by atoms with Gasteiger partial charge in [0.15, 0.2) is 0 Å². The molecule has 2 saturated heterocycles. The standard InChI is InChI=1S/C23H35N3O2/c1-2-9-22(27)26-15-8-13-21(26)23(28)24-16-20-12-6-7-14-25(18-20)17-19-10-4-3-5-11-19/h3-5,10-11,20-21H,2,6-9,12-18H2,1H3,(H,24,28)/t20-,21+/m0/s1. The van der Waals surface area contributed by atoms with Crippen molar-refractivity contribution in [3.05, 3.63) is 35.9 Å². The van der Waals surface area contributed by atoms with Crippen molar-refractivity contribution in [2.45, 2.75) is 64.5 Å². The van der Waals surface area contributed by atoms with Crippen molar-refractivity contribution in [3.63, 3.8) is 0 Å². The highest BCUT2D eigenvalue weighted by molar-refractivity contribution is 5.88. The first-order valence-electron chi connectivity index (χ1n) is 11.0. The second kappa shape index (κ2) is 10.6. The predicted molar refractivity (Wildman–Crippen MR) is 112 cm³/mol. The molecule has 5 heteroatoms. The zero-order valence-electron chi connectivity index (χ0n) is 17.2. The molecule has 2 aliphatic rings. The van der Waals surface area contributed by atoms with Crippen molar-refractivity contribution < 1.29 is 9.59 Å². The molecule has 154 valence electrons. The van der Waals surface area contributed by atoms with Crippen LogP contribution in [0.1, 0.15) is 57.4 Å². The Morgan fingerprint density at radius 1 is 1.07 bits per heavy atom. The molecule has 2 fully saturated rings. The lowest BCUT2D eigenvalue weighted by molar-refractivity contribution is -0.138. The van der Waals surface area contributed by atoms with Crippen LogP contribution in [0.2, 0.25) is 0 Å². The Hall–Kier alpha value is -1.88. The second-order valence-corrected chi connectivity index (χ2v) is 8.32. The molecule has 2 aliphatic heterocycles. The lowest BCUT2D eigenvalue weighted by Gasteiger charge is -2.27. The lowest BCUT2D eigenvalue weighted by atomic mass is 10.0. The number of likely N-dealkylation sites (tertiary alicyclic amines) is 2.